The van der Waals surface area contributed by atoms with Crippen LogP contribution in [-0.2, 0) is 0 Å². The summed E-state index contributed by atoms with van der Waals surface area (Å²) in [6, 6.07) is 58.0. The van der Waals surface area contributed by atoms with Crippen molar-refractivity contribution in [3.63, 3.8) is 0 Å². The van der Waals surface area contributed by atoms with E-state index in [-0.39, 0.29) is 0 Å². The maximum atomic E-state index is 3.59. The van der Waals surface area contributed by atoms with Crippen molar-refractivity contribution in [3.05, 3.63) is 182 Å². The van der Waals surface area contributed by atoms with Gasteiger partial charge in [0, 0.05) is 53.8 Å². The predicted octanol–water partition coefficient (Wildman–Crippen LogP) is 12.9. The monoisotopic (exact) mass is 688 g/mol. The molecule has 1 aromatic heterocycles. The first-order valence-corrected chi connectivity index (χ1v) is 19.0. The summed E-state index contributed by atoms with van der Waals surface area (Å²) in [6.45, 7) is 0.832. The fraction of sp³-hybridized carbons (Fsp3) is 0.0213. The molecular formula is C47H32N2S2. The molecule has 2 nitrogen and oxygen atoms in total. The number of para-hydroxylation sites is 3. The Labute approximate surface area is 306 Å². The maximum Gasteiger partial charge on any atom is 0.0619 e. The van der Waals surface area contributed by atoms with E-state index in [2.05, 4.69) is 186 Å². The van der Waals surface area contributed by atoms with Crippen LogP contribution < -0.4 is 5.32 Å². The van der Waals surface area contributed by atoms with E-state index < -0.39 is 0 Å². The number of fused-ring (bicyclic) bond motifs is 9. The van der Waals surface area contributed by atoms with Crippen molar-refractivity contribution >= 4 is 51.0 Å². The fourth-order valence-electron chi connectivity index (χ4n) is 7.59. The van der Waals surface area contributed by atoms with Gasteiger partial charge >= 0.3 is 0 Å². The molecule has 4 heteroatoms. The average Bonchev–Trinajstić information content (AvgIpc) is 3.54. The van der Waals surface area contributed by atoms with Crippen LogP contribution in [0.4, 0.5) is 0 Å². The molecule has 51 heavy (non-hydrogen) atoms. The Morgan fingerprint density at radius 1 is 0.490 bits per heavy atom. The lowest BCUT2D eigenvalue weighted by Gasteiger charge is -2.23. The summed E-state index contributed by atoms with van der Waals surface area (Å²) >= 11 is 3.75. The fourth-order valence-corrected chi connectivity index (χ4v) is 9.97. The predicted molar refractivity (Wildman–Crippen MR) is 217 cm³/mol. The summed E-state index contributed by atoms with van der Waals surface area (Å²) in [7, 11) is 0. The SMILES string of the molecule is C1=CCNC(c2ccc3c(c2)Sc2c(cccc2-c2cccc4c5ccccc5n(-c5ccccc5)c24)-c2ccccc2Sc2ccccc2-3)=C1. The van der Waals surface area contributed by atoms with Gasteiger partial charge in [-0.1, -0.05) is 157 Å². The Hall–Kier alpha value is -5.68. The highest BCUT2D eigenvalue weighted by Crippen LogP contribution is 2.52. The third kappa shape index (κ3) is 5.14. The van der Waals surface area contributed by atoms with Gasteiger partial charge < -0.3 is 9.88 Å². The average molecular weight is 689 g/mol. The lowest BCUT2D eigenvalue weighted by molar-refractivity contribution is 0.994. The molecule has 0 unspecified atom stereocenters. The van der Waals surface area contributed by atoms with Gasteiger partial charge in [0.25, 0.3) is 0 Å². The van der Waals surface area contributed by atoms with E-state index in [4.69, 9.17) is 0 Å². The Morgan fingerprint density at radius 3 is 1.92 bits per heavy atom. The number of hydrogen-bond acceptors (Lipinski definition) is 3. The second-order valence-corrected chi connectivity index (χ2v) is 15.0. The minimum absolute atomic E-state index is 0.832. The summed E-state index contributed by atoms with van der Waals surface area (Å²) in [5.41, 5.74) is 13.4. The normalized spacial score (nSPS) is 13.5. The maximum absolute atomic E-state index is 3.59. The standard InChI is InChI=1S/C47H32N2S2/c1-2-14-32(15-3-1)49-42-24-7-4-16-33(42)37-19-12-20-38(46(37)49)40-22-13-21-39-35-18-6-9-26-44(35)50-43-25-8-5-17-34(43)36-28-27-31(30-45(36)51-47(39)40)41-23-10-11-29-48-41/h1-28,30,48H,29H2. The van der Waals surface area contributed by atoms with E-state index in [9.17, 15) is 0 Å². The van der Waals surface area contributed by atoms with Crippen LogP contribution in [0, 0.1) is 0 Å². The summed E-state index contributed by atoms with van der Waals surface area (Å²) in [5, 5.41) is 6.11. The summed E-state index contributed by atoms with van der Waals surface area (Å²) < 4.78 is 2.45. The van der Waals surface area contributed by atoms with Crippen LogP contribution in [0.2, 0.25) is 0 Å². The molecule has 3 heterocycles. The number of rotatable bonds is 3. The van der Waals surface area contributed by atoms with Crippen LogP contribution in [0.5, 0.6) is 0 Å². The number of hydrogen-bond donors (Lipinski definition) is 1. The van der Waals surface area contributed by atoms with Crippen molar-refractivity contribution in [1.29, 1.82) is 0 Å². The van der Waals surface area contributed by atoms with Crippen LogP contribution in [-0.4, -0.2) is 11.1 Å². The first kappa shape index (κ1) is 30.2. The Bertz CT molecular complexity index is 2700. The second-order valence-electron chi connectivity index (χ2n) is 12.9. The lowest BCUT2D eigenvalue weighted by atomic mass is 9.97. The number of dihydropyridines is 1. The van der Waals surface area contributed by atoms with Gasteiger partial charge in [-0.2, -0.15) is 0 Å². The van der Waals surface area contributed by atoms with Gasteiger partial charge in [-0.25, -0.2) is 0 Å². The third-order valence-corrected chi connectivity index (χ3v) is 12.3. The quantitative estimate of drug-likeness (QED) is 0.199. The van der Waals surface area contributed by atoms with Crippen molar-refractivity contribution in [3.8, 4) is 39.1 Å². The van der Waals surface area contributed by atoms with Gasteiger partial charge in [-0.05, 0) is 75.9 Å². The topological polar surface area (TPSA) is 17.0 Å². The van der Waals surface area contributed by atoms with E-state index in [0.29, 0.717) is 0 Å². The van der Waals surface area contributed by atoms with Crippen LogP contribution in [0.1, 0.15) is 5.56 Å². The number of allylic oxidation sites excluding steroid dienone is 2. The molecule has 0 atom stereocenters. The molecule has 2 aliphatic rings. The van der Waals surface area contributed by atoms with Crippen molar-refractivity contribution in [2.45, 2.75) is 19.6 Å². The van der Waals surface area contributed by atoms with Crippen LogP contribution >= 0.6 is 23.5 Å². The highest BCUT2D eigenvalue weighted by Gasteiger charge is 2.24. The van der Waals surface area contributed by atoms with Crippen LogP contribution in [0.15, 0.2) is 196 Å². The third-order valence-electron chi connectivity index (χ3n) is 9.90. The summed E-state index contributed by atoms with van der Waals surface area (Å²) in [4.78, 5) is 5.01. The molecule has 7 aromatic carbocycles. The molecule has 0 bridgehead atoms. The van der Waals surface area contributed by atoms with Gasteiger partial charge in [0.15, 0.2) is 0 Å². The smallest absolute Gasteiger partial charge is 0.0619 e. The molecule has 0 amide bonds. The first-order chi connectivity index (χ1) is 25.3. The molecule has 0 aliphatic carbocycles. The van der Waals surface area contributed by atoms with Gasteiger partial charge in [-0.3, -0.25) is 0 Å². The zero-order valence-electron chi connectivity index (χ0n) is 27.7. The Morgan fingerprint density at radius 2 is 1.12 bits per heavy atom. The van der Waals surface area contributed by atoms with Gasteiger partial charge in [0.05, 0.1) is 11.0 Å². The Balaban J connectivity index is 1.29. The van der Waals surface area contributed by atoms with E-state index >= 15 is 0 Å². The molecule has 0 saturated heterocycles. The number of aromatic nitrogens is 1. The van der Waals surface area contributed by atoms with Crippen LogP contribution in [0.3, 0.4) is 0 Å². The minimum atomic E-state index is 0.832. The molecule has 8 aromatic rings. The number of nitrogens with one attached hydrogen (secondary N) is 1. The molecular weight excluding hydrogens is 657 g/mol. The van der Waals surface area contributed by atoms with E-state index in [1.165, 1.54) is 80.3 Å². The minimum Gasteiger partial charge on any atom is -0.381 e. The molecule has 0 saturated carbocycles. The molecule has 0 fully saturated rings. The summed E-state index contributed by atoms with van der Waals surface area (Å²) in [6.07, 6.45) is 6.48. The lowest BCUT2D eigenvalue weighted by Crippen LogP contribution is -2.14. The molecule has 0 spiro atoms. The molecule has 0 radical (unpaired) electrons. The van der Waals surface area contributed by atoms with Crippen molar-refractivity contribution in [2.75, 3.05) is 6.54 Å². The number of nitrogens with zero attached hydrogens (tertiary/aromatic N) is 1. The highest BCUT2D eigenvalue weighted by molar-refractivity contribution is 8.00. The molecule has 1 N–H and O–H groups in total. The van der Waals surface area contributed by atoms with Gasteiger partial charge in [0.1, 0.15) is 0 Å². The summed E-state index contributed by atoms with van der Waals surface area (Å²) in [5.74, 6) is 0. The molecule has 242 valence electrons. The van der Waals surface area contributed by atoms with Gasteiger partial charge in [0.2, 0.25) is 0 Å². The zero-order chi connectivity index (χ0) is 33.7. The first-order valence-electron chi connectivity index (χ1n) is 17.3. The van der Waals surface area contributed by atoms with Crippen molar-refractivity contribution in [1.82, 2.24) is 9.88 Å². The Kier molecular flexibility index (Phi) is 7.44. The van der Waals surface area contributed by atoms with Crippen molar-refractivity contribution in [2.24, 2.45) is 0 Å². The van der Waals surface area contributed by atoms with E-state index in [1.54, 1.807) is 0 Å². The van der Waals surface area contributed by atoms with E-state index in [1.807, 2.05) is 23.5 Å². The largest absolute Gasteiger partial charge is 0.381 e. The zero-order valence-corrected chi connectivity index (χ0v) is 29.3. The molecule has 10 rings (SSSR count). The van der Waals surface area contributed by atoms with Crippen LogP contribution in [0.25, 0.3) is 66.6 Å². The molecule has 2 aliphatic heterocycles. The highest BCUT2D eigenvalue weighted by atomic mass is 32.2. The number of benzene rings is 7. The van der Waals surface area contributed by atoms with Gasteiger partial charge in [-0.15, -0.1) is 0 Å². The second kappa shape index (κ2) is 12.6. The van der Waals surface area contributed by atoms with Crippen molar-refractivity contribution < 1.29 is 0 Å². The van der Waals surface area contributed by atoms with E-state index in [0.717, 1.165) is 17.9 Å².